The SMILES string of the molecule is CCOC(=O)N1CCN(c2ccc(NCc3ccccc3)cc2C#N)C(c2ccc(NCc3ccccc3)cc2C#N)C1. The Morgan fingerprint density at radius 1 is 0.814 bits per heavy atom. The number of amides is 1. The van der Waals surface area contributed by atoms with Gasteiger partial charge in [-0.15, -0.1) is 0 Å². The van der Waals surface area contributed by atoms with Gasteiger partial charge in [-0.2, -0.15) is 10.5 Å². The highest BCUT2D eigenvalue weighted by Crippen LogP contribution is 2.36. The van der Waals surface area contributed by atoms with Crippen LogP contribution in [0.25, 0.3) is 0 Å². The molecule has 0 saturated carbocycles. The van der Waals surface area contributed by atoms with Crippen LogP contribution in [0.5, 0.6) is 0 Å². The first-order chi connectivity index (χ1) is 21.1. The van der Waals surface area contributed by atoms with Crippen LogP contribution in [0.4, 0.5) is 21.9 Å². The van der Waals surface area contributed by atoms with E-state index < -0.39 is 0 Å². The van der Waals surface area contributed by atoms with Crippen LogP contribution in [-0.4, -0.2) is 37.2 Å². The lowest BCUT2D eigenvalue weighted by atomic mass is 9.95. The van der Waals surface area contributed by atoms with Gasteiger partial charge in [-0.25, -0.2) is 4.79 Å². The number of hydrogen-bond acceptors (Lipinski definition) is 7. The summed E-state index contributed by atoms with van der Waals surface area (Å²) >= 11 is 0. The van der Waals surface area contributed by atoms with Crippen molar-refractivity contribution in [2.75, 3.05) is 41.8 Å². The standard InChI is InChI=1S/C35H34N6O2/c1-2-43-35(42)40-17-18-41(33-16-14-31(20-29(33)22-37)39-24-27-11-7-4-8-12-27)34(25-40)32-15-13-30(19-28(32)21-36)38-23-26-9-5-3-6-10-26/h3-16,19-20,34,38-39H,2,17-18,23-25H2,1H3. The van der Waals surface area contributed by atoms with Crippen molar-refractivity contribution in [1.29, 1.82) is 10.5 Å². The van der Waals surface area contributed by atoms with E-state index in [4.69, 9.17) is 4.74 Å². The number of hydrogen-bond donors (Lipinski definition) is 2. The van der Waals surface area contributed by atoms with Crippen LogP contribution >= 0.6 is 0 Å². The van der Waals surface area contributed by atoms with Gasteiger partial charge in [0.2, 0.25) is 0 Å². The minimum absolute atomic E-state index is 0.283. The van der Waals surface area contributed by atoms with Crippen molar-refractivity contribution < 1.29 is 9.53 Å². The van der Waals surface area contributed by atoms with E-state index in [1.807, 2.05) is 84.9 Å². The summed E-state index contributed by atoms with van der Waals surface area (Å²) in [5.41, 5.74) is 6.54. The Bertz CT molecular complexity index is 1630. The summed E-state index contributed by atoms with van der Waals surface area (Å²) < 4.78 is 5.31. The van der Waals surface area contributed by atoms with Crippen molar-refractivity contribution in [1.82, 2.24) is 4.90 Å². The van der Waals surface area contributed by atoms with Crippen LogP contribution in [0.15, 0.2) is 97.1 Å². The molecule has 1 aliphatic rings. The van der Waals surface area contributed by atoms with Crippen molar-refractivity contribution in [3.05, 3.63) is 125 Å². The molecule has 0 radical (unpaired) electrons. The van der Waals surface area contributed by atoms with E-state index in [1.165, 1.54) is 0 Å². The molecule has 1 amide bonds. The molecule has 4 aromatic carbocycles. The lowest BCUT2D eigenvalue weighted by molar-refractivity contribution is 0.0991. The molecule has 1 unspecified atom stereocenters. The van der Waals surface area contributed by atoms with Crippen molar-refractivity contribution in [3.8, 4) is 12.1 Å². The van der Waals surface area contributed by atoms with Gasteiger partial charge in [0.05, 0.1) is 35.5 Å². The van der Waals surface area contributed by atoms with Crippen molar-refractivity contribution in [3.63, 3.8) is 0 Å². The highest BCUT2D eigenvalue weighted by Gasteiger charge is 2.34. The number of nitriles is 2. The molecule has 1 atom stereocenters. The van der Waals surface area contributed by atoms with E-state index in [0.717, 1.165) is 33.8 Å². The van der Waals surface area contributed by atoms with Crippen LogP contribution in [0, 0.1) is 22.7 Å². The molecular formula is C35H34N6O2. The maximum atomic E-state index is 12.8. The van der Waals surface area contributed by atoms with Crippen LogP contribution in [0.1, 0.15) is 40.8 Å². The summed E-state index contributed by atoms with van der Waals surface area (Å²) in [5.74, 6) is 0. The summed E-state index contributed by atoms with van der Waals surface area (Å²) in [6.07, 6.45) is -0.382. The maximum absolute atomic E-state index is 12.8. The van der Waals surface area contributed by atoms with Crippen molar-refractivity contribution in [2.24, 2.45) is 0 Å². The predicted molar refractivity (Wildman–Crippen MR) is 169 cm³/mol. The summed E-state index contributed by atoms with van der Waals surface area (Å²) in [6, 6.07) is 36.0. The minimum Gasteiger partial charge on any atom is -0.450 e. The lowest BCUT2D eigenvalue weighted by Crippen LogP contribution is -2.51. The van der Waals surface area contributed by atoms with Gasteiger partial charge in [-0.1, -0.05) is 66.7 Å². The Balaban J connectivity index is 1.43. The van der Waals surface area contributed by atoms with Gasteiger partial charge in [0.1, 0.15) is 6.07 Å². The summed E-state index contributed by atoms with van der Waals surface area (Å²) in [4.78, 5) is 16.6. The maximum Gasteiger partial charge on any atom is 0.409 e. The number of benzene rings is 4. The molecule has 43 heavy (non-hydrogen) atoms. The van der Waals surface area contributed by atoms with Gasteiger partial charge >= 0.3 is 6.09 Å². The van der Waals surface area contributed by atoms with Crippen LogP contribution in [-0.2, 0) is 17.8 Å². The fourth-order valence-electron chi connectivity index (χ4n) is 5.36. The van der Waals surface area contributed by atoms with Gasteiger partial charge in [0, 0.05) is 44.1 Å². The van der Waals surface area contributed by atoms with E-state index in [2.05, 4.69) is 39.8 Å². The van der Waals surface area contributed by atoms with Gasteiger partial charge < -0.3 is 25.2 Å². The molecule has 5 rings (SSSR count). The Hall–Kier alpha value is -5.47. The average Bonchev–Trinajstić information content (AvgIpc) is 3.07. The highest BCUT2D eigenvalue weighted by atomic mass is 16.6. The highest BCUT2D eigenvalue weighted by molar-refractivity contribution is 5.71. The summed E-state index contributed by atoms with van der Waals surface area (Å²) in [7, 11) is 0. The van der Waals surface area contributed by atoms with Gasteiger partial charge in [-0.3, -0.25) is 0 Å². The number of ether oxygens (including phenoxy) is 1. The quantitative estimate of drug-likeness (QED) is 0.231. The third-order valence-corrected chi connectivity index (χ3v) is 7.54. The Kier molecular flexibility index (Phi) is 9.41. The number of anilines is 3. The first kappa shape index (κ1) is 29.0. The molecule has 216 valence electrons. The van der Waals surface area contributed by atoms with Crippen LogP contribution in [0.2, 0.25) is 0 Å². The smallest absolute Gasteiger partial charge is 0.409 e. The molecule has 0 aromatic heterocycles. The number of nitrogens with zero attached hydrogens (tertiary/aromatic N) is 4. The molecule has 0 aliphatic carbocycles. The lowest BCUT2D eigenvalue weighted by Gasteiger charge is -2.43. The Morgan fingerprint density at radius 3 is 1.98 bits per heavy atom. The Morgan fingerprint density at radius 2 is 1.40 bits per heavy atom. The molecule has 8 nitrogen and oxygen atoms in total. The first-order valence-corrected chi connectivity index (χ1v) is 14.4. The molecule has 8 heteroatoms. The molecule has 1 fully saturated rings. The third-order valence-electron chi connectivity index (χ3n) is 7.54. The predicted octanol–water partition coefficient (Wildman–Crippen LogP) is 6.67. The van der Waals surface area contributed by atoms with E-state index >= 15 is 0 Å². The van der Waals surface area contributed by atoms with Gasteiger partial charge in [-0.05, 0) is 53.9 Å². The molecule has 2 N–H and O–H groups in total. The van der Waals surface area contributed by atoms with E-state index in [9.17, 15) is 15.3 Å². The number of rotatable bonds is 9. The normalized spacial score (nSPS) is 14.3. The number of carbonyl (C=O) groups is 1. The number of nitrogens with one attached hydrogen (secondary N) is 2. The summed E-state index contributed by atoms with van der Waals surface area (Å²) in [6.45, 7) is 4.58. The van der Waals surface area contributed by atoms with Crippen molar-refractivity contribution in [2.45, 2.75) is 26.1 Å². The number of carbonyl (C=O) groups excluding carboxylic acids is 1. The van der Waals surface area contributed by atoms with Crippen molar-refractivity contribution >= 4 is 23.2 Å². The molecular weight excluding hydrogens is 536 g/mol. The van der Waals surface area contributed by atoms with Crippen LogP contribution in [0.3, 0.4) is 0 Å². The molecule has 1 saturated heterocycles. The molecule has 4 aromatic rings. The van der Waals surface area contributed by atoms with E-state index in [-0.39, 0.29) is 18.7 Å². The molecule has 1 aliphatic heterocycles. The topological polar surface area (TPSA) is 104 Å². The largest absolute Gasteiger partial charge is 0.450 e. The minimum atomic E-state index is -0.382. The monoisotopic (exact) mass is 570 g/mol. The second-order valence-corrected chi connectivity index (χ2v) is 10.3. The Labute approximate surface area is 252 Å². The third kappa shape index (κ3) is 7.06. The fourth-order valence-corrected chi connectivity index (χ4v) is 5.36. The summed E-state index contributed by atoms with van der Waals surface area (Å²) in [5, 5.41) is 27.2. The fraction of sp³-hybridized carbons (Fsp3) is 0.229. The second-order valence-electron chi connectivity index (χ2n) is 10.3. The van der Waals surface area contributed by atoms with Crippen LogP contribution < -0.4 is 15.5 Å². The van der Waals surface area contributed by atoms with E-state index in [0.29, 0.717) is 43.9 Å². The second kappa shape index (κ2) is 13.9. The molecule has 1 heterocycles. The first-order valence-electron chi connectivity index (χ1n) is 14.4. The van der Waals surface area contributed by atoms with E-state index in [1.54, 1.807) is 11.8 Å². The molecule has 0 bridgehead atoms. The zero-order valence-corrected chi connectivity index (χ0v) is 24.2. The number of piperazine rings is 1. The zero-order valence-electron chi connectivity index (χ0n) is 24.2. The zero-order chi connectivity index (χ0) is 30.0. The average molecular weight is 571 g/mol. The van der Waals surface area contributed by atoms with Gasteiger partial charge in [0.25, 0.3) is 0 Å². The van der Waals surface area contributed by atoms with Gasteiger partial charge in [0.15, 0.2) is 0 Å². The molecule has 0 spiro atoms.